The summed E-state index contributed by atoms with van der Waals surface area (Å²) >= 11 is 0. The summed E-state index contributed by atoms with van der Waals surface area (Å²) in [5.74, 6) is 1.64. The molecule has 0 bridgehead atoms. The van der Waals surface area contributed by atoms with Crippen LogP contribution in [0.1, 0.15) is 27.4 Å². The Balaban J connectivity index is 1.71. The van der Waals surface area contributed by atoms with E-state index in [4.69, 9.17) is 14.0 Å². The van der Waals surface area contributed by atoms with Gasteiger partial charge in [0.05, 0.1) is 12.7 Å². The molecule has 0 unspecified atom stereocenters. The van der Waals surface area contributed by atoms with Crippen LogP contribution >= 0.6 is 0 Å². The Bertz CT molecular complexity index is 883. The SMILES string of the molecule is COc1ccc(NC(=O)c2noc(C)c2COc2ccc(C)cc2)cc1. The van der Waals surface area contributed by atoms with Crippen molar-refractivity contribution < 1.29 is 18.8 Å². The number of anilines is 1. The second-order valence-corrected chi connectivity index (χ2v) is 5.85. The molecule has 6 heteroatoms. The molecule has 0 fully saturated rings. The van der Waals surface area contributed by atoms with Gasteiger partial charge in [-0.1, -0.05) is 22.9 Å². The van der Waals surface area contributed by atoms with E-state index in [1.165, 1.54) is 0 Å². The Kier molecular flexibility index (Phi) is 5.22. The molecule has 6 nitrogen and oxygen atoms in total. The molecule has 134 valence electrons. The average molecular weight is 352 g/mol. The summed E-state index contributed by atoms with van der Waals surface area (Å²) in [5.41, 5.74) is 2.63. The smallest absolute Gasteiger partial charge is 0.278 e. The van der Waals surface area contributed by atoms with Gasteiger partial charge in [-0.2, -0.15) is 0 Å². The lowest BCUT2D eigenvalue weighted by molar-refractivity contribution is 0.101. The van der Waals surface area contributed by atoms with Crippen LogP contribution in [-0.2, 0) is 6.61 Å². The van der Waals surface area contributed by atoms with Gasteiger partial charge in [0.25, 0.3) is 5.91 Å². The average Bonchev–Trinajstić information content (AvgIpc) is 3.02. The number of ether oxygens (including phenoxy) is 2. The monoisotopic (exact) mass is 352 g/mol. The van der Waals surface area contributed by atoms with Crippen molar-refractivity contribution in [2.45, 2.75) is 20.5 Å². The first-order valence-electron chi connectivity index (χ1n) is 8.17. The highest BCUT2D eigenvalue weighted by atomic mass is 16.5. The topological polar surface area (TPSA) is 73.6 Å². The van der Waals surface area contributed by atoms with Crippen molar-refractivity contribution in [2.24, 2.45) is 0 Å². The fourth-order valence-corrected chi connectivity index (χ4v) is 2.39. The second-order valence-electron chi connectivity index (χ2n) is 5.85. The van der Waals surface area contributed by atoms with Crippen molar-refractivity contribution in [1.82, 2.24) is 5.16 Å². The van der Waals surface area contributed by atoms with Gasteiger partial charge in [-0.25, -0.2) is 0 Å². The maximum absolute atomic E-state index is 12.5. The molecule has 0 atom stereocenters. The molecule has 3 aromatic rings. The Morgan fingerprint density at radius 3 is 2.35 bits per heavy atom. The first-order valence-corrected chi connectivity index (χ1v) is 8.17. The van der Waals surface area contributed by atoms with E-state index >= 15 is 0 Å². The summed E-state index contributed by atoms with van der Waals surface area (Å²) in [7, 11) is 1.59. The number of aromatic nitrogens is 1. The third kappa shape index (κ3) is 4.03. The minimum absolute atomic E-state index is 0.198. The molecule has 0 radical (unpaired) electrons. The van der Waals surface area contributed by atoms with Gasteiger partial charge in [-0.3, -0.25) is 4.79 Å². The highest BCUT2D eigenvalue weighted by Crippen LogP contribution is 2.20. The molecular formula is C20H20N2O4. The molecule has 1 aromatic heterocycles. The van der Waals surface area contributed by atoms with Crippen molar-refractivity contribution in [2.75, 3.05) is 12.4 Å². The molecule has 0 aliphatic heterocycles. The van der Waals surface area contributed by atoms with Crippen LogP contribution in [0.3, 0.4) is 0 Å². The van der Waals surface area contributed by atoms with E-state index in [1.54, 1.807) is 38.3 Å². The molecule has 1 amide bonds. The van der Waals surface area contributed by atoms with Crippen LogP contribution in [0, 0.1) is 13.8 Å². The number of carbonyl (C=O) groups excluding carboxylic acids is 1. The molecule has 3 rings (SSSR count). The summed E-state index contributed by atoms with van der Waals surface area (Å²) in [6.45, 7) is 3.96. The number of hydrogen-bond donors (Lipinski definition) is 1. The van der Waals surface area contributed by atoms with Gasteiger partial charge in [0, 0.05) is 5.69 Å². The van der Waals surface area contributed by atoms with E-state index in [0.717, 1.165) is 11.3 Å². The van der Waals surface area contributed by atoms with Crippen LogP contribution in [0.2, 0.25) is 0 Å². The fourth-order valence-electron chi connectivity index (χ4n) is 2.39. The van der Waals surface area contributed by atoms with Crippen LogP contribution < -0.4 is 14.8 Å². The molecule has 0 aliphatic carbocycles. The molecule has 2 aromatic carbocycles. The van der Waals surface area contributed by atoms with E-state index in [9.17, 15) is 4.79 Å². The van der Waals surface area contributed by atoms with Crippen LogP contribution in [-0.4, -0.2) is 18.2 Å². The van der Waals surface area contributed by atoms with Gasteiger partial charge in [0.1, 0.15) is 23.9 Å². The van der Waals surface area contributed by atoms with E-state index < -0.39 is 0 Å². The lowest BCUT2D eigenvalue weighted by Crippen LogP contribution is -2.15. The number of nitrogens with zero attached hydrogens (tertiary/aromatic N) is 1. The number of aryl methyl sites for hydroxylation is 2. The maximum Gasteiger partial charge on any atom is 0.278 e. The number of hydrogen-bond acceptors (Lipinski definition) is 5. The van der Waals surface area contributed by atoms with Gasteiger partial charge >= 0.3 is 0 Å². The van der Waals surface area contributed by atoms with E-state index in [0.29, 0.717) is 22.8 Å². The largest absolute Gasteiger partial charge is 0.497 e. The van der Waals surface area contributed by atoms with Crippen molar-refractivity contribution in [3.63, 3.8) is 0 Å². The molecule has 26 heavy (non-hydrogen) atoms. The van der Waals surface area contributed by atoms with Crippen molar-refractivity contribution in [3.05, 3.63) is 71.1 Å². The van der Waals surface area contributed by atoms with Crippen LogP contribution in [0.25, 0.3) is 0 Å². The third-order valence-corrected chi connectivity index (χ3v) is 3.95. The van der Waals surface area contributed by atoms with Gasteiger partial charge in [-0.05, 0) is 50.2 Å². The minimum Gasteiger partial charge on any atom is -0.497 e. The zero-order valence-electron chi connectivity index (χ0n) is 14.9. The molecule has 1 N–H and O–H groups in total. The molecule has 0 saturated carbocycles. The van der Waals surface area contributed by atoms with Crippen LogP contribution in [0.5, 0.6) is 11.5 Å². The summed E-state index contributed by atoms with van der Waals surface area (Å²) in [6, 6.07) is 14.7. The fraction of sp³-hybridized carbons (Fsp3) is 0.200. The normalized spacial score (nSPS) is 10.4. The number of benzene rings is 2. The van der Waals surface area contributed by atoms with Gasteiger partial charge in [0.15, 0.2) is 5.69 Å². The summed E-state index contributed by atoms with van der Waals surface area (Å²) in [4.78, 5) is 12.5. The molecule has 1 heterocycles. The van der Waals surface area contributed by atoms with Gasteiger partial charge < -0.3 is 19.3 Å². The lowest BCUT2D eigenvalue weighted by atomic mass is 10.2. The predicted octanol–water partition coefficient (Wildman–Crippen LogP) is 4.13. The van der Waals surface area contributed by atoms with Crippen molar-refractivity contribution >= 4 is 11.6 Å². The van der Waals surface area contributed by atoms with E-state index in [1.807, 2.05) is 31.2 Å². The first kappa shape index (κ1) is 17.5. The Hall–Kier alpha value is -3.28. The van der Waals surface area contributed by atoms with E-state index in [-0.39, 0.29) is 18.2 Å². The van der Waals surface area contributed by atoms with Crippen LogP contribution in [0.4, 0.5) is 5.69 Å². The standard InChI is InChI=1S/C20H20N2O4/c1-13-4-8-17(9-5-13)25-12-18-14(2)26-22-19(18)20(23)21-15-6-10-16(24-3)11-7-15/h4-11H,12H2,1-3H3,(H,21,23). The quantitative estimate of drug-likeness (QED) is 0.722. The van der Waals surface area contributed by atoms with Gasteiger partial charge in [0.2, 0.25) is 0 Å². The summed E-state index contributed by atoms with van der Waals surface area (Å²) < 4.78 is 16.1. The lowest BCUT2D eigenvalue weighted by Gasteiger charge is -2.08. The van der Waals surface area contributed by atoms with Gasteiger partial charge in [-0.15, -0.1) is 0 Å². The zero-order valence-corrected chi connectivity index (χ0v) is 14.9. The van der Waals surface area contributed by atoms with E-state index in [2.05, 4.69) is 10.5 Å². The maximum atomic E-state index is 12.5. The molecule has 0 saturated heterocycles. The predicted molar refractivity (Wildman–Crippen MR) is 97.7 cm³/mol. The molecule has 0 aliphatic rings. The number of nitrogens with one attached hydrogen (secondary N) is 1. The Morgan fingerprint density at radius 1 is 1.04 bits per heavy atom. The van der Waals surface area contributed by atoms with Crippen molar-refractivity contribution in [3.8, 4) is 11.5 Å². The summed E-state index contributed by atoms with van der Waals surface area (Å²) in [6.07, 6.45) is 0. The minimum atomic E-state index is -0.352. The van der Waals surface area contributed by atoms with Crippen molar-refractivity contribution in [1.29, 1.82) is 0 Å². The molecular weight excluding hydrogens is 332 g/mol. The number of carbonyl (C=O) groups is 1. The number of rotatable bonds is 6. The molecule has 0 spiro atoms. The highest BCUT2D eigenvalue weighted by molar-refractivity contribution is 6.03. The summed E-state index contributed by atoms with van der Waals surface area (Å²) in [5, 5.41) is 6.68. The third-order valence-electron chi connectivity index (χ3n) is 3.95. The Labute approximate surface area is 151 Å². The highest BCUT2D eigenvalue weighted by Gasteiger charge is 2.20. The number of methoxy groups -OCH3 is 1. The Morgan fingerprint density at radius 2 is 1.69 bits per heavy atom. The first-order chi connectivity index (χ1) is 12.6. The van der Waals surface area contributed by atoms with Crippen LogP contribution in [0.15, 0.2) is 53.1 Å². The second kappa shape index (κ2) is 7.74. The zero-order chi connectivity index (χ0) is 18.5. The number of amides is 1.